The smallest absolute Gasteiger partial charge is 0.130 e. The quantitative estimate of drug-likeness (QED) is 0.833. The molecular formula is C17H19BrO2. The van der Waals surface area contributed by atoms with Crippen LogP contribution in [0.25, 0.3) is 0 Å². The molecule has 0 aliphatic heterocycles. The highest BCUT2D eigenvalue weighted by atomic mass is 79.9. The molecule has 0 aliphatic rings. The molecular weight excluding hydrogens is 316 g/mol. The van der Waals surface area contributed by atoms with Gasteiger partial charge in [-0.2, -0.15) is 0 Å². The predicted molar refractivity (Wildman–Crippen MR) is 85.5 cm³/mol. The van der Waals surface area contributed by atoms with Gasteiger partial charge in [0, 0.05) is 4.47 Å². The Kier molecular flexibility index (Phi) is 4.51. The number of ether oxygens (including phenoxy) is 1. The lowest BCUT2D eigenvalue weighted by Gasteiger charge is -2.14. The topological polar surface area (TPSA) is 29.5 Å². The van der Waals surface area contributed by atoms with Crippen molar-refractivity contribution in [1.82, 2.24) is 0 Å². The lowest BCUT2D eigenvalue weighted by Crippen LogP contribution is -1.95. The summed E-state index contributed by atoms with van der Waals surface area (Å²) >= 11 is 3.47. The summed E-state index contributed by atoms with van der Waals surface area (Å²) in [6.45, 7) is 7.95. The van der Waals surface area contributed by atoms with Gasteiger partial charge in [0.05, 0.1) is 6.10 Å². The third kappa shape index (κ3) is 3.22. The van der Waals surface area contributed by atoms with Gasteiger partial charge in [0.1, 0.15) is 11.5 Å². The Labute approximate surface area is 128 Å². The molecule has 2 aromatic carbocycles. The Morgan fingerprint density at radius 2 is 1.80 bits per heavy atom. The molecule has 3 heteroatoms. The maximum atomic E-state index is 9.63. The van der Waals surface area contributed by atoms with E-state index in [9.17, 15) is 5.11 Å². The Hall–Kier alpha value is -1.32. The van der Waals surface area contributed by atoms with Gasteiger partial charge in [-0.25, -0.2) is 0 Å². The van der Waals surface area contributed by atoms with Gasteiger partial charge in [-0.1, -0.05) is 28.1 Å². The van der Waals surface area contributed by atoms with Crippen molar-refractivity contribution < 1.29 is 9.84 Å². The van der Waals surface area contributed by atoms with E-state index in [1.54, 1.807) is 6.92 Å². The molecule has 1 atom stereocenters. The Bertz CT molecular complexity index is 633. The van der Waals surface area contributed by atoms with Crippen LogP contribution in [-0.4, -0.2) is 5.11 Å². The van der Waals surface area contributed by atoms with E-state index >= 15 is 0 Å². The third-order valence-corrected chi connectivity index (χ3v) is 4.10. The van der Waals surface area contributed by atoms with E-state index in [1.165, 1.54) is 11.1 Å². The summed E-state index contributed by atoms with van der Waals surface area (Å²) in [5, 5.41) is 9.63. The van der Waals surface area contributed by atoms with Crippen LogP contribution in [0.5, 0.6) is 11.5 Å². The van der Waals surface area contributed by atoms with Gasteiger partial charge in [0.25, 0.3) is 0 Å². The summed E-state index contributed by atoms with van der Waals surface area (Å²) in [4.78, 5) is 0. The highest BCUT2D eigenvalue weighted by molar-refractivity contribution is 9.10. The predicted octanol–water partition coefficient (Wildman–Crippen LogP) is 5.22. The highest BCUT2D eigenvalue weighted by Gasteiger charge is 2.09. The molecule has 0 aliphatic carbocycles. The molecule has 20 heavy (non-hydrogen) atoms. The Morgan fingerprint density at radius 1 is 1.10 bits per heavy atom. The number of halogens is 1. The van der Waals surface area contributed by atoms with Gasteiger partial charge in [-0.15, -0.1) is 0 Å². The summed E-state index contributed by atoms with van der Waals surface area (Å²) in [6.07, 6.45) is -0.499. The lowest BCUT2D eigenvalue weighted by atomic mass is 10.1. The largest absolute Gasteiger partial charge is 0.457 e. The molecule has 0 amide bonds. The Morgan fingerprint density at radius 3 is 2.40 bits per heavy atom. The zero-order valence-corrected chi connectivity index (χ0v) is 13.8. The second kappa shape index (κ2) is 5.98. The molecule has 0 saturated heterocycles. The van der Waals surface area contributed by atoms with Crippen LogP contribution in [0.3, 0.4) is 0 Å². The van der Waals surface area contributed by atoms with E-state index in [0.717, 1.165) is 27.1 Å². The fourth-order valence-corrected chi connectivity index (χ4v) is 2.83. The summed E-state index contributed by atoms with van der Waals surface area (Å²) in [6, 6.07) is 9.83. The lowest BCUT2D eigenvalue weighted by molar-refractivity contribution is 0.198. The van der Waals surface area contributed by atoms with Crippen molar-refractivity contribution in [2.24, 2.45) is 0 Å². The van der Waals surface area contributed by atoms with Crippen LogP contribution in [0.2, 0.25) is 0 Å². The van der Waals surface area contributed by atoms with Crippen molar-refractivity contribution in [3.63, 3.8) is 0 Å². The molecule has 0 bridgehead atoms. The normalized spacial score (nSPS) is 12.3. The van der Waals surface area contributed by atoms with Crippen LogP contribution >= 0.6 is 15.9 Å². The van der Waals surface area contributed by atoms with Crippen LogP contribution in [0.4, 0.5) is 0 Å². The van der Waals surface area contributed by atoms with Crippen LogP contribution in [0, 0.1) is 20.8 Å². The number of aliphatic hydroxyl groups is 1. The van der Waals surface area contributed by atoms with E-state index in [0.29, 0.717) is 0 Å². The number of aryl methyl sites for hydroxylation is 2. The number of hydrogen-bond acceptors (Lipinski definition) is 2. The highest BCUT2D eigenvalue weighted by Crippen LogP contribution is 2.32. The van der Waals surface area contributed by atoms with E-state index in [2.05, 4.69) is 42.8 Å². The third-order valence-electron chi connectivity index (χ3n) is 3.41. The average molecular weight is 335 g/mol. The summed E-state index contributed by atoms with van der Waals surface area (Å²) in [7, 11) is 0. The van der Waals surface area contributed by atoms with Crippen molar-refractivity contribution in [3.8, 4) is 11.5 Å². The number of aliphatic hydroxyl groups excluding tert-OH is 1. The second-order valence-electron chi connectivity index (χ2n) is 5.17. The zero-order valence-electron chi connectivity index (χ0n) is 12.2. The van der Waals surface area contributed by atoms with Gasteiger partial charge in [-0.05, 0) is 68.1 Å². The van der Waals surface area contributed by atoms with E-state index in [-0.39, 0.29) is 0 Å². The molecule has 2 aromatic rings. The first-order valence-corrected chi connectivity index (χ1v) is 7.41. The molecule has 0 aromatic heterocycles. The minimum absolute atomic E-state index is 0.499. The van der Waals surface area contributed by atoms with Crippen LogP contribution in [0.15, 0.2) is 34.8 Å². The van der Waals surface area contributed by atoms with Crippen molar-refractivity contribution in [2.45, 2.75) is 33.8 Å². The van der Waals surface area contributed by atoms with E-state index < -0.39 is 6.10 Å². The minimum atomic E-state index is -0.499. The van der Waals surface area contributed by atoms with E-state index in [1.807, 2.05) is 24.3 Å². The summed E-state index contributed by atoms with van der Waals surface area (Å²) < 4.78 is 6.83. The van der Waals surface area contributed by atoms with Gasteiger partial charge < -0.3 is 9.84 Å². The molecule has 0 fully saturated rings. The summed E-state index contributed by atoms with van der Waals surface area (Å²) in [5.74, 6) is 1.63. The Balaban J connectivity index is 2.33. The van der Waals surface area contributed by atoms with Crippen molar-refractivity contribution in [3.05, 3.63) is 57.1 Å². The molecule has 2 rings (SSSR count). The summed E-state index contributed by atoms with van der Waals surface area (Å²) in [5.41, 5.74) is 4.41. The van der Waals surface area contributed by atoms with Gasteiger partial charge >= 0.3 is 0 Å². The molecule has 1 N–H and O–H groups in total. The number of hydrogen-bond donors (Lipinski definition) is 1. The van der Waals surface area contributed by atoms with E-state index in [4.69, 9.17) is 4.74 Å². The van der Waals surface area contributed by atoms with Crippen LogP contribution in [0.1, 0.15) is 35.3 Å². The van der Waals surface area contributed by atoms with Crippen LogP contribution < -0.4 is 4.74 Å². The van der Waals surface area contributed by atoms with Crippen molar-refractivity contribution in [2.75, 3.05) is 0 Å². The first kappa shape index (κ1) is 15.1. The first-order chi connectivity index (χ1) is 9.38. The second-order valence-corrected chi connectivity index (χ2v) is 6.02. The van der Waals surface area contributed by atoms with Crippen molar-refractivity contribution in [1.29, 1.82) is 0 Å². The molecule has 106 valence electrons. The monoisotopic (exact) mass is 334 g/mol. The molecule has 0 radical (unpaired) electrons. The van der Waals surface area contributed by atoms with Gasteiger partial charge in [0.2, 0.25) is 0 Å². The zero-order chi connectivity index (χ0) is 14.9. The molecule has 0 spiro atoms. The first-order valence-electron chi connectivity index (χ1n) is 6.61. The van der Waals surface area contributed by atoms with Gasteiger partial charge in [-0.3, -0.25) is 0 Å². The molecule has 0 saturated carbocycles. The fourth-order valence-electron chi connectivity index (χ4n) is 2.14. The minimum Gasteiger partial charge on any atom is -0.457 e. The number of benzene rings is 2. The standard InChI is InChI=1S/C17H19BrO2/c1-10-7-11(2)12(3)17(8-10)20-14-5-6-15(13(4)19)16(18)9-14/h5-9,13,19H,1-4H3/t13-/m1/s1. The molecule has 0 unspecified atom stereocenters. The maximum Gasteiger partial charge on any atom is 0.130 e. The average Bonchev–Trinajstić information content (AvgIpc) is 2.35. The fraction of sp³-hybridized carbons (Fsp3) is 0.294. The van der Waals surface area contributed by atoms with Crippen molar-refractivity contribution >= 4 is 15.9 Å². The van der Waals surface area contributed by atoms with Crippen LogP contribution in [-0.2, 0) is 0 Å². The SMILES string of the molecule is Cc1cc(C)c(C)c(Oc2ccc([C@@H](C)O)c(Br)c2)c1. The molecule has 0 heterocycles. The number of rotatable bonds is 3. The molecule has 2 nitrogen and oxygen atoms in total. The van der Waals surface area contributed by atoms with Gasteiger partial charge in [0.15, 0.2) is 0 Å². The maximum absolute atomic E-state index is 9.63.